The summed E-state index contributed by atoms with van der Waals surface area (Å²) in [5, 5.41) is 7.13. The third kappa shape index (κ3) is 5.38. The topological polar surface area (TPSA) is 54.5 Å². The van der Waals surface area contributed by atoms with E-state index < -0.39 is 0 Å². The van der Waals surface area contributed by atoms with Crippen LogP contribution >= 0.6 is 27.3 Å². The van der Waals surface area contributed by atoms with Crippen molar-refractivity contribution in [2.24, 2.45) is 0 Å². The van der Waals surface area contributed by atoms with Crippen LogP contribution in [0.25, 0.3) is 0 Å². The molecule has 0 fully saturated rings. The Balaban J connectivity index is 1.59. The predicted octanol–water partition coefficient (Wildman–Crippen LogP) is 4.73. The minimum Gasteiger partial charge on any atom is -0.439 e. The van der Waals surface area contributed by atoms with Crippen molar-refractivity contribution in [3.63, 3.8) is 0 Å². The van der Waals surface area contributed by atoms with E-state index in [1.165, 1.54) is 11.8 Å². The van der Waals surface area contributed by atoms with Gasteiger partial charge in [0.15, 0.2) is 0 Å². The molecular weight excluding hydrogens is 426 g/mol. The third-order valence-electron chi connectivity index (χ3n) is 4.04. The maximum Gasteiger partial charge on any atom is 0.252 e. The van der Waals surface area contributed by atoms with Crippen molar-refractivity contribution >= 4 is 33.2 Å². The monoisotopic (exact) mass is 445 g/mol. The van der Waals surface area contributed by atoms with E-state index in [9.17, 15) is 4.79 Å². The van der Waals surface area contributed by atoms with E-state index in [1.54, 1.807) is 23.5 Å². The van der Waals surface area contributed by atoms with Gasteiger partial charge >= 0.3 is 0 Å². The van der Waals surface area contributed by atoms with Crippen LogP contribution in [0.3, 0.4) is 0 Å². The summed E-state index contributed by atoms with van der Waals surface area (Å²) in [6.07, 6.45) is 1.53. The number of carbonyl (C=O) groups excluding carboxylic acids is 1. The number of aromatic nitrogens is 1. The van der Waals surface area contributed by atoms with Crippen LogP contribution < -0.4 is 10.1 Å². The third-order valence-corrected chi connectivity index (χ3v) is 5.27. The lowest BCUT2D eigenvalue weighted by atomic mass is 10.1. The number of hydrogen-bond donors (Lipinski definition) is 1. The lowest BCUT2D eigenvalue weighted by molar-refractivity contribution is 0.0941. The maximum atomic E-state index is 12.4. The van der Waals surface area contributed by atoms with Crippen molar-refractivity contribution in [2.45, 2.75) is 6.04 Å². The fourth-order valence-corrected chi connectivity index (χ4v) is 3.52. The SMILES string of the molecule is CN(C)C(CNC(=O)c1ccc(Oc2ccc(Br)cc2)nc1)c1ccsc1. The summed E-state index contributed by atoms with van der Waals surface area (Å²) in [5.74, 6) is 0.977. The van der Waals surface area contributed by atoms with Gasteiger partial charge in [0.25, 0.3) is 5.91 Å². The average molecular weight is 446 g/mol. The molecule has 1 atom stereocenters. The quantitative estimate of drug-likeness (QED) is 0.570. The number of ether oxygens (including phenoxy) is 1. The minimum absolute atomic E-state index is 0.133. The van der Waals surface area contributed by atoms with Gasteiger partial charge in [-0.25, -0.2) is 4.98 Å². The van der Waals surface area contributed by atoms with Crippen LogP contribution in [-0.2, 0) is 0 Å². The average Bonchev–Trinajstić information content (AvgIpc) is 3.18. The second-order valence-electron chi connectivity index (χ2n) is 6.19. The summed E-state index contributed by atoms with van der Waals surface area (Å²) < 4.78 is 6.66. The van der Waals surface area contributed by atoms with Crippen LogP contribution in [0.4, 0.5) is 0 Å². The smallest absolute Gasteiger partial charge is 0.252 e. The molecule has 2 heterocycles. The van der Waals surface area contributed by atoms with E-state index in [4.69, 9.17) is 4.74 Å². The molecule has 3 rings (SSSR count). The number of benzene rings is 1. The van der Waals surface area contributed by atoms with Crippen molar-refractivity contribution in [3.05, 3.63) is 75.0 Å². The van der Waals surface area contributed by atoms with Gasteiger partial charge in [0, 0.05) is 23.3 Å². The van der Waals surface area contributed by atoms with Crippen LogP contribution in [0.2, 0.25) is 0 Å². The zero-order valence-electron chi connectivity index (χ0n) is 15.1. The van der Waals surface area contributed by atoms with Crippen LogP contribution in [-0.4, -0.2) is 36.4 Å². The van der Waals surface area contributed by atoms with Gasteiger partial charge in [-0.05, 0) is 66.8 Å². The zero-order chi connectivity index (χ0) is 19.2. The van der Waals surface area contributed by atoms with Crippen molar-refractivity contribution in [1.82, 2.24) is 15.2 Å². The zero-order valence-corrected chi connectivity index (χ0v) is 17.5. The molecule has 0 saturated carbocycles. The number of thiophene rings is 1. The lowest BCUT2D eigenvalue weighted by Crippen LogP contribution is -2.34. The lowest BCUT2D eigenvalue weighted by Gasteiger charge is -2.24. The molecule has 0 aliphatic rings. The number of hydrogen-bond acceptors (Lipinski definition) is 5. The molecule has 0 bridgehead atoms. The van der Waals surface area contributed by atoms with Gasteiger partial charge in [0.2, 0.25) is 5.88 Å². The Morgan fingerprint density at radius 2 is 2.00 bits per heavy atom. The Labute approximate surface area is 171 Å². The maximum absolute atomic E-state index is 12.4. The molecule has 5 nitrogen and oxygen atoms in total. The van der Waals surface area contributed by atoms with Crippen molar-refractivity contribution in [3.8, 4) is 11.6 Å². The summed E-state index contributed by atoms with van der Waals surface area (Å²) in [6, 6.07) is 13.1. The predicted molar refractivity (Wildman–Crippen MR) is 112 cm³/mol. The van der Waals surface area contributed by atoms with Crippen molar-refractivity contribution < 1.29 is 9.53 Å². The van der Waals surface area contributed by atoms with Gasteiger partial charge in [-0.3, -0.25) is 4.79 Å². The van der Waals surface area contributed by atoms with E-state index in [0.29, 0.717) is 23.7 Å². The standard InChI is InChI=1S/C20H20BrN3O2S/c1-24(2)18(15-9-10-27-13-15)12-23-20(25)14-3-8-19(22-11-14)26-17-6-4-16(21)5-7-17/h3-11,13,18H,12H2,1-2H3,(H,23,25). The Kier molecular flexibility index (Phi) is 6.60. The second kappa shape index (κ2) is 9.12. The highest BCUT2D eigenvalue weighted by Crippen LogP contribution is 2.22. The van der Waals surface area contributed by atoms with E-state index in [-0.39, 0.29) is 11.9 Å². The van der Waals surface area contributed by atoms with Gasteiger partial charge in [-0.2, -0.15) is 11.3 Å². The van der Waals surface area contributed by atoms with E-state index in [0.717, 1.165) is 4.47 Å². The molecule has 140 valence electrons. The Morgan fingerprint density at radius 1 is 1.22 bits per heavy atom. The summed E-state index contributed by atoms with van der Waals surface area (Å²) in [6.45, 7) is 0.527. The second-order valence-corrected chi connectivity index (χ2v) is 7.88. The normalized spacial score (nSPS) is 12.0. The van der Waals surface area contributed by atoms with Crippen LogP contribution in [0.1, 0.15) is 22.0 Å². The van der Waals surface area contributed by atoms with Gasteiger partial charge in [-0.1, -0.05) is 15.9 Å². The fourth-order valence-electron chi connectivity index (χ4n) is 2.55. The molecule has 27 heavy (non-hydrogen) atoms. The van der Waals surface area contributed by atoms with Crippen molar-refractivity contribution in [1.29, 1.82) is 0 Å². The Bertz CT molecular complexity index is 865. The first-order valence-corrected chi connectivity index (χ1v) is 10.1. The van der Waals surface area contributed by atoms with Crippen LogP contribution in [0, 0.1) is 0 Å². The molecule has 0 spiro atoms. The highest BCUT2D eigenvalue weighted by molar-refractivity contribution is 9.10. The van der Waals surface area contributed by atoms with E-state index >= 15 is 0 Å². The summed E-state index contributed by atoms with van der Waals surface area (Å²) in [4.78, 5) is 18.8. The molecule has 7 heteroatoms. The highest BCUT2D eigenvalue weighted by atomic mass is 79.9. The Hall–Kier alpha value is -2.22. The Morgan fingerprint density at radius 3 is 2.59 bits per heavy atom. The number of amides is 1. The largest absolute Gasteiger partial charge is 0.439 e. The summed E-state index contributed by atoms with van der Waals surface area (Å²) >= 11 is 5.04. The van der Waals surface area contributed by atoms with Gasteiger partial charge in [0.05, 0.1) is 11.6 Å². The summed E-state index contributed by atoms with van der Waals surface area (Å²) in [5.41, 5.74) is 1.70. The van der Waals surface area contributed by atoms with E-state index in [1.807, 2.05) is 43.7 Å². The number of rotatable bonds is 7. The van der Waals surface area contributed by atoms with Crippen molar-refractivity contribution in [2.75, 3.05) is 20.6 Å². The first-order valence-electron chi connectivity index (χ1n) is 8.39. The molecule has 1 amide bonds. The molecule has 3 aromatic rings. The van der Waals surface area contributed by atoms with Gasteiger partial charge in [-0.15, -0.1) is 0 Å². The molecule has 2 aromatic heterocycles. The van der Waals surface area contributed by atoms with Gasteiger partial charge in [0.1, 0.15) is 5.75 Å². The van der Waals surface area contributed by atoms with Gasteiger partial charge < -0.3 is 15.0 Å². The fraction of sp³-hybridized carbons (Fsp3) is 0.200. The molecule has 0 aliphatic heterocycles. The molecule has 0 saturated heterocycles. The number of nitrogens with one attached hydrogen (secondary N) is 1. The number of likely N-dealkylation sites (N-methyl/N-ethyl adjacent to an activating group) is 1. The number of carbonyl (C=O) groups is 1. The van der Waals surface area contributed by atoms with E-state index in [2.05, 4.69) is 42.6 Å². The molecule has 1 aromatic carbocycles. The first kappa shape index (κ1) is 19.5. The molecule has 1 N–H and O–H groups in total. The highest BCUT2D eigenvalue weighted by Gasteiger charge is 2.16. The van der Waals surface area contributed by atoms with Crippen LogP contribution in [0.15, 0.2) is 63.9 Å². The summed E-state index contributed by atoms with van der Waals surface area (Å²) in [7, 11) is 4.01. The first-order chi connectivity index (χ1) is 13.0. The molecule has 0 radical (unpaired) electrons. The van der Waals surface area contributed by atoms with Crippen LogP contribution in [0.5, 0.6) is 11.6 Å². The number of halogens is 1. The molecule has 0 aliphatic carbocycles. The molecular formula is C20H20BrN3O2S. The number of nitrogens with zero attached hydrogens (tertiary/aromatic N) is 2. The number of pyridine rings is 1. The molecule has 1 unspecified atom stereocenters. The minimum atomic E-state index is -0.153.